The van der Waals surface area contributed by atoms with Crippen LogP contribution >= 0.6 is 0 Å². The third-order valence-corrected chi connectivity index (χ3v) is 4.74. The molecule has 1 saturated heterocycles. The minimum atomic E-state index is -0.555. The van der Waals surface area contributed by atoms with Gasteiger partial charge in [-0.3, -0.25) is 4.79 Å². The summed E-state index contributed by atoms with van der Waals surface area (Å²) in [6.07, 6.45) is -0.550. The third-order valence-electron chi connectivity index (χ3n) is 4.74. The summed E-state index contributed by atoms with van der Waals surface area (Å²) in [5, 5.41) is 0. The average molecular weight is 417 g/mol. The number of hydrogen-bond donors (Lipinski definition) is 0. The highest BCUT2D eigenvalue weighted by Crippen LogP contribution is 2.29. The second-order valence-corrected chi connectivity index (χ2v) is 6.75. The Kier molecular flexibility index (Phi) is 7.24. The smallest absolute Gasteiger partial charge is 0.338 e. The number of carbonyl (C=O) groups excluding carboxylic acids is 2. The lowest BCUT2D eigenvalue weighted by Crippen LogP contribution is -2.43. The Morgan fingerprint density at radius 1 is 1.10 bits per heavy atom. The highest BCUT2D eigenvalue weighted by Gasteiger charge is 2.19. The minimum Gasteiger partial charge on any atom is -0.493 e. The summed E-state index contributed by atoms with van der Waals surface area (Å²) in [4.78, 5) is 26.4. The van der Waals surface area contributed by atoms with Gasteiger partial charge in [0.25, 0.3) is 5.91 Å². The average Bonchev–Trinajstić information content (AvgIpc) is 2.78. The van der Waals surface area contributed by atoms with Crippen molar-refractivity contribution in [3.8, 4) is 11.5 Å². The normalized spacial score (nSPS) is 14.7. The van der Waals surface area contributed by atoms with Crippen molar-refractivity contribution in [2.75, 3.05) is 40.0 Å². The topological polar surface area (TPSA) is 74.3 Å². The van der Waals surface area contributed by atoms with Gasteiger partial charge in [0.15, 0.2) is 18.1 Å². The van der Waals surface area contributed by atoms with Gasteiger partial charge in [-0.25, -0.2) is 9.18 Å². The van der Waals surface area contributed by atoms with Crippen molar-refractivity contribution >= 4 is 11.9 Å². The van der Waals surface area contributed by atoms with Crippen LogP contribution in [-0.2, 0) is 14.3 Å². The Morgan fingerprint density at radius 2 is 1.80 bits per heavy atom. The molecule has 160 valence electrons. The first-order chi connectivity index (χ1) is 14.5. The van der Waals surface area contributed by atoms with Crippen LogP contribution in [0.1, 0.15) is 28.9 Å². The van der Waals surface area contributed by atoms with Crippen LogP contribution in [0.4, 0.5) is 4.39 Å². The standard InChI is InChI=1S/C22H24FNO6/c1-15(16-3-6-18(23)7-4-16)30-22(26)17-5-8-19(20(13-17)27-2)29-14-21(25)24-9-11-28-12-10-24/h3-8,13,15H,9-12,14H2,1-2H3/t15-/m0/s1. The van der Waals surface area contributed by atoms with Gasteiger partial charge < -0.3 is 23.8 Å². The lowest BCUT2D eigenvalue weighted by molar-refractivity contribution is -0.137. The summed E-state index contributed by atoms with van der Waals surface area (Å²) in [7, 11) is 1.45. The Balaban J connectivity index is 1.61. The molecule has 7 nitrogen and oxygen atoms in total. The molecule has 2 aromatic rings. The molecule has 0 saturated carbocycles. The summed E-state index contributed by atoms with van der Waals surface area (Å²) in [6.45, 7) is 3.68. The van der Waals surface area contributed by atoms with Crippen LogP contribution in [-0.4, -0.2) is 56.8 Å². The zero-order valence-corrected chi connectivity index (χ0v) is 16.9. The van der Waals surface area contributed by atoms with E-state index >= 15 is 0 Å². The van der Waals surface area contributed by atoms with Crippen molar-refractivity contribution in [1.29, 1.82) is 0 Å². The minimum absolute atomic E-state index is 0.137. The second kappa shape index (κ2) is 10.1. The highest BCUT2D eigenvalue weighted by molar-refractivity contribution is 5.90. The van der Waals surface area contributed by atoms with E-state index in [-0.39, 0.29) is 23.9 Å². The number of esters is 1. The molecule has 1 aliphatic heterocycles. The molecular weight excluding hydrogens is 393 g/mol. The third kappa shape index (κ3) is 5.48. The summed E-state index contributed by atoms with van der Waals surface area (Å²) in [5.41, 5.74) is 0.950. The summed E-state index contributed by atoms with van der Waals surface area (Å²) >= 11 is 0. The molecule has 2 aromatic carbocycles. The van der Waals surface area contributed by atoms with E-state index in [9.17, 15) is 14.0 Å². The number of halogens is 1. The molecule has 0 aromatic heterocycles. The number of hydrogen-bond acceptors (Lipinski definition) is 6. The van der Waals surface area contributed by atoms with Crippen molar-refractivity contribution in [2.24, 2.45) is 0 Å². The van der Waals surface area contributed by atoms with Gasteiger partial charge in [-0.05, 0) is 42.8 Å². The molecule has 1 atom stereocenters. The quantitative estimate of drug-likeness (QED) is 0.645. The van der Waals surface area contributed by atoms with E-state index in [0.717, 1.165) is 0 Å². The molecule has 1 aliphatic rings. The maximum Gasteiger partial charge on any atom is 0.338 e. The van der Waals surface area contributed by atoms with Crippen LogP contribution in [0.15, 0.2) is 42.5 Å². The maximum atomic E-state index is 13.1. The zero-order chi connectivity index (χ0) is 21.5. The molecular formula is C22H24FNO6. The van der Waals surface area contributed by atoms with Crippen LogP contribution < -0.4 is 9.47 Å². The molecule has 3 rings (SSSR count). The Morgan fingerprint density at radius 3 is 2.47 bits per heavy atom. The van der Waals surface area contributed by atoms with E-state index in [1.165, 1.54) is 31.4 Å². The number of methoxy groups -OCH3 is 1. The van der Waals surface area contributed by atoms with E-state index in [4.69, 9.17) is 18.9 Å². The van der Waals surface area contributed by atoms with Gasteiger partial charge in [0.1, 0.15) is 11.9 Å². The van der Waals surface area contributed by atoms with Crippen LogP contribution in [0, 0.1) is 5.82 Å². The van der Waals surface area contributed by atoms with Crippen molar-refractivity contribution in [1.82, 2.24) is 4.90 Å². The second-order valence-electron chi connectivity index (χ2n) is 6.75. The molecule has 0 bridgehead atoms. The fraction of sp³-hybridized carbons (Fsp3) is 0.364. The van der Waals surface area contributed by atoms with E-state index < -0.39 is 12.1 Å². The van der Waals surface area contributed by atoms with Gasteiger partial charge in [-0.1, -0.05) is 12.1 Å². The fourth-order valence-corrected chi connectivity index (χ4v) is 2.99. The van der Waals surface area contributed by atoms with Gasteiger partial charge in [0, 0.05) is 13.1 Å². The zero-order valence-electron chi connectivity index (χ0n) is 16.9. The van der Waals surface area contributed by atoms with E-state index in [0.29, 0.717) is 43.4 Å². The lowest BCUT2D eigenvalue weighted by atomic mass is 10.1. The number of rotatable bonds is 7. The number of ether oxygens (including phenoxy) is 4. The summed E-state index contributed by atoms with van der Waals surface area (Å²) in [6, 6.07) is 10.3. The molecule has 0 N–H and O–H groups in total. The Labute approximate surface area is 174 Å². The Hall–Kier alpha value is -3.13. The number of morpholine rings is 1. The molecule has 0 aliphatic carbocycles. The molecule has 1 fully saturated rings. The number of amides is 1. The van der Waals surface area contributed by atoms with Crippen molar-refractivity contribution in [3.63, 3.8) is 0 Å². The van der Waals surface area contributed by atoms with E-state index in [2.05, 4.69) is 0 Å². The van der Waals surface area contributed by atoms with Gasteiger partial charge in [0.2, 0.25) is 0 Å². The molecule has 1 heterocycles. The molecule has 0 radical (unpaired) electrons. The first-order valence-corrected chi connectivity index (χ1v) is 9.60. The van der Waals surface area contributed by atoms with Gasteiger partial charge in [-0.15, -0.1) is 0 Å². The van der Waals surface area contributed by atoms with Crippen LogP contribution in [0.3, 0.4) is 0 Å². The maximum absolute atomic E-state index is 13.1. The van der Waals surface area contributed by atoms with Crippen molar-refractivity contribution < 1.29 is 32.9 Å². The first-order valence-electron chi connectivity index (χ1n) is 9.60. The number of carbonyl (C=O) groups is 2. The molecule has 1 amide bonds. The van der Waals surface area contributed by atoms with Gasteiger partial charge in [0.05, 0.1) is 25.9 Å². The number of benzene rings is 2. The van der Waals surface area contributed by atoms with Crippen LogP contribution in [0.5, 0.6) is 11.5 Å². The fourth-order valence-electron chi connectivity index (χ4n) is 2.99. The molecule has 0 spiro atoms. The first kappa shape index (κ1) is 21.6. The largest absolute Gasteiger partial charge is 0.493 e. The van der Waals surface area contributed by atoms with E-state index in [1.807, 2.05) is 0 Å². The highest BCUT2D eigenvalue weighted by atomic mass is 19.1. The lowest BCUT2D eigenvalue weighted by Gasteiger charge is -2.26. The predicted octanol–water partition coefficient (Wildman–Crippen LogP) is 2.99. The van der Waals surface area contributed by atoms with Crippen LogP contribution in [0.2, 0.25) is 0 Å². The summed E-state index contributed by atoms with van der Waals surface area (Å²) in [5.74, 6) is -0.390. The monoisotopic (exact) mass is 417 g/mol. The van der Waals surface area contributed by atoms with Crippen LogP contribution in [0.25, 0.3) is 0 Å². The van der Waals surface area contributed by atoms with Crippen molar-refractivity contribution in [2.45, 2.75) is 13.0 Å². The predicted molar refractivity (Wildman–Crippen MR) is 106 cm³/mol. The Bertz CT molecular complexity index is 880. The number of nitrogens with zero attached hydrogens (tertiary/aromatic N) is 1. The molecule has 30 heavy (non-hydrogen) atoms. The van der Waals surface area contributed by atoms with Gasteiger partial charge >= 0.3 is 5.97 Å². The molecule has 8 heteroatoms. The van der Waals surface area contributed by atoms with Crippen molar-refractivity contribution in [3.05, 3.63) is 59.4 Å². The molecule has 0 unspecified atom stereocenters. The van der Waals surface area contributed by atoms with Gasteiger partial charge in [-0.2, -0.15) is 0 Å². The SMILES string of the molecule is COc1cc(C(=O)O[C@@H](C)c2ccc(F)cc2)ccc1OCC(=O)N1CCOCC1. The summed E-state index contributed by atoms with van der Waals surface area (Å²) < 4.78 is 34.6. The van der Waals surface area contributed by atoms with E-state index in [1.54, 1.807) is 30.0 Å².